The summed E-state index contributed by atoms with van der Waals surface area (Å²) in [6, 6.07) is 16.6. The fourth-order valence-corrected chi connectivity index (χ4v) is 3.86. The van der Waals surface area contributed by atoms with Crippen molar-refractivity contribution in [3.8, 4) is 11.5 Å². The Hall–Kier alpha value is -4.13. The van der Waals surface area contributed by atoms with Crippen molar-refractivity contribution >= 4 is 23.1 Å². The van der Waals surface area contributed by atoms with Gasteiger partial charge in [-0.3, -0.25) is 19.5 Å². The van der Waals surface area contributed by atoms with Gasteiger partial charge in [0.1, 0.15) is 5.70 Å². The Balaban J connectivity index is 1.76. The molecule has 1 N–H and O–H groups in total. The van der Waals surface area contributed by atoms with Crippen LogP contribution in [0, 0.1) is 0 Å². The molecule has 0 spiro atoms. The van der Waals surface area contributed by atoms with Gasteiger partial charge >= 0.3 is 0 Å². The van der Waals surface area contributed by atoms with Crippen molar-refractivity contribution in [2.45, 2.75) is 26.3 Å². The topological polar surface area (TPSA) is 80.8 Å². The van der Waals surface area contributed by atoms with Gasteiger partial charge in [-0.2, -0.15) is 0 Å². The van der Waals surface area contributed by atoms with Gasteiger partial charge in [0.05, 0.1) is 26.3 Å². The third-order valence-corrected chi connectivity index (χ3v) is 5.78. The van der Waals surface area contributed by atoms with Crippen molar-refractivity contribution in [3.05, 3.63) is 89.4 Å². The first-order chi connectivity index (χ1) is 16.4. The van der Waals surface area contributed by atoms with Crippen LogP contribution in [0.3, 0.4) is 0 Å². The smallest absolute Gasteiger partial charge is 0.278 e. The monoisotopic (exact) mass is 457 g/mol. The van der Waals surface area contributed by atoms with Gasteiger partial charge in [-0.15, -0.1) is 0 Å². The maximum absolute atomic E-state index is 13.5. The SMILES string of the molecule is COc1ccc(C2=C(Nc3ccc(C(C)C)cc3)C(=O)N(Cc3ccncc3)C2=O)cc1OC. The lowest BCUT2D eigenvalue weighted by Crippen LogP contribution is -2.32. The first-order valence-corrected chi connectivity index (χ1v) is 11.0. The molecular formula is C27H27N3O4. The lowest BCUT2D eigenvalue weighted by atomic mass is 10.0. The summed E-state index contributed by atoms with van der Waals surface area (Å²) >= 11 is 0. The molecule has 0 unspecified atom stereocenters. The molecule has 174 valence electrons. The molecule has 2 aromatic carbocycles. The highest BCUT2D eigenvalue weighted by Gasteiger charge is 2.39. The molecule has 34 heavy (non-hydrogen) atoms. The summed E-state index contributed by atoms with van der Waals surface area (Å²) < 4.78 is 10.8. The fraction of sp³-hybridized carbons (Fsp3) is 0.222. The molecule has 0 bridgehead atoms. The predicted molar refractivity (Wildman–Crippen MR) is 130 cm³/mol. The minimum atomic E-state index is -0.389. The van der Waals surface area contributed by atoms with Crippen molar-refractivity contribution in [2.75, 3.05) is 19.5 Å². The van der Waals surface area contributed by atoms with Gasteiger partial charge in [-0.1, -0.05) is 32.0 Å². The van der Waals surface area contributed by atoms with E-state index >= 15 is 0 Å². The van der Waals surface area contributed by atoms with Crippen molar-refractivity contribution in [2.24, 2.45) is 0 Å². The van der Waals surface area contributed by atoms with Crippen LogP contribution in [-0.2, 0) is 16.1 Å². The molecule has 7 nitrogen and oxygen atoms in total. The van der Waals surface area contributed by atoms with Gasteiger partial charge in [0.15, 0.2) is 11.5 Å². The lowest BCUT2D eigenvalue weighted by molar-refractivity contribution is -0.137. The zero-order valence-electron chi connectivity index (χ0n) is 19.7. The highest BCUT2D eigenvalue weighted by atomic mass is 16.5. The molecule has 0 fully saturated rings. The van der Waals surface area contributed by atoms with E-state index in [2.05, 4.69) is 24.1 Å². The van der Waals surface area contributed by atoms with Gasteiger partial charge in [-0.05, 0) is 59.0 Å². The van der Waals surface area contributed by atoms with Crippen molar-refractivity contribution in [3.63, 3.8) is 0 Å². The zero-order chi connectivity index (χ0) is 24.2. The molecule has 0 atom stereocenters. The van der Waals surface area contributed by atoms with Crippen molar-refractivity contribution in [1.29, 1.82) is 0 Å². The van der Waals surface area contributed by atoms with Crippen LogP contribution in [0.4, 0.5) is 5.69 Å². The van der Waals surface area contributed by atoms with Gasteiger partial charge in [-0.25, -0.2) is 0 Å². The highest BCUT2D eigenvalue weighted by Crippen LogP contribution is 2.36. The van der Waals surface area contributed by atoms with Crippen LogP contribution < -0.4 is 14.8 Å². The largest absolute Gasteiger partial charge is 0.493 e. The number of imide groups is 1. The zero-order valence-corrected chi connectivity index (χ0v) is 19.7. The third-order valence-electron chi connectivity index (χ3n) is 5.78. The Kier molecular flexibility index (Phi) is 6.63. The molecule has 1 aromatic heterocycles. The summed E-state index contributed by atoms with van der Waals surface area (Å²) in [6.07, 6.45) is 3.27. The molecule has 2 amide bonds. The number of nitrogens with zero attached hydrogens (tertiary/aromatic N) is 2. The standard InChI is InChI=1S/C27H27N3O4/c1-17(2)19-5-8-21(9-6-19)29-25-24(20-7-10-22(33-3)23(15-20)34-4)26(31)30(27(25)32)16-18-11-13-28-14-12-18/h5-15,17,29H,16H2,1-4H3. The number of carbonyl (C=O) groups is 2. The molecule has 0 saturated heterocycles. The van der Waals surface area contributed by atoms with Gasteiger partial charge < -0.3 is 14.8 Å². The van der Waals surface area contributed by atoms with Crippen LogP contribution in [0.15, 0.2) is 72.7 Å². The number of hydrogen-bond donors (Lipinski definition) is 1. The number of benzene rings is 2. The molecule has 3 aromatic rings. The number of methoxy groups -OCH3 is 2. The molecule has 1 aliphatic heterocycles. The summed E-state index contributed by atoms with van der Waals surface area (Å²) in [5, 5.41) is 3.20. The van der Waals surface area contributed by atoms with Gasteiger partial charge in [0.2, 0.25) is 0 Å². The second-order valence-electron chi connectivity index (χ2n) is 8.27. The first kappa shape index (κ1) is 23.0. The third kappa shape index (κ3) is 4.50. The Labute approximate surface area is 199 Å². The number of aromatic nitrogens is 1. The number of hydrogen-bond acceptors (Lipinski definition) is 6. The van der Waals surface area contributed by atoms with E-state index in [1.807, 2.05) is 24.3 Å². The van der Waals surface area contributed by atoms with Crippen LogP contribution in [0.2, 0.25) is 0 Å². The predicted octanol–water partition coefficient (Wildman–Crippen LogP) is 4.61. The van der Waals surface area contributed by atoms with Crippen LogP contribution in [0.5, 0.6) is 11.5 Å². The number of carbonyl (C=O) groups excluding carboxylic acids is 2. The van der Waals surface area contributed by atoms with E-state index in [1.165, 1.54) is 17.6 Å². The number of rotatable bonds is 8. The van der Waals surface area contributed by atoms with E-state index in [-0.39, 0.29) is 29.6 Å². The number of nitrogens with one attached hydrogen (secondary N) is 1. The van der Waals surface area contributed by atoms with Crippen LogP contribution >= 0.6 is 0 Å². The Morgan fingerprint density at radius 1 is 0.882 bits per heavy atom. The average Bonchev–Trinajstić information content (AvgIpc) is 3.08. The highest BCUT2D eigenvalue weighted by molar-refractivity contribution is 6.36. The summed E-state index contributed by atoms with van der Waals surface area (Å²) in [6.45, 7) is 4.39. The molecule has 0 saturated carbocycles. The molecule has 2 heterocycles. The maximum Gasteiger partial charge on any atom is 0.278 e. The van der Waals surface area contributed by atoms with Gasteiger partial charge in [0, 0.05) is 18.1 Å². The first-order valence-electron chi connectivity index (χ1n) is 11.0. The van der Waals surface area contributed by atoms with E-state index in [9.17, 15) is 9.59 Å². The normalized spacial score (nSPS) is 13.6. The average molecular weight is 458 g/mol. The molecule has 0 aliphatic carbocycles. The van der Waals surface area contributed by atoms with E-state index in [4.69, 9.17) is 9.47 Å². The van der Waals surface area contributed by atoms with E-state index < -0.39 is 0 Å². The molecular weight excluding hydrogens is 430 g/mol. The molecule has 1 aliphatic rings. The number of pyridine rings is 1. The van der Waals surface area contributed by atoms with Crippen LogP contribution in [-0.4, -0.2) is 35.9 Å². The number of ether oxygens (including phenoxy) is 2. The van der Waals surface area contributed by atoms with E-state index in [0.717, 1.165) is 11.3 Å². The summed E-state index contributed by atoms with van der Waals surface area (Å²) in [5.74, 6) is 0.632. The minimum absolute atomic E-state index is 0.147. The Morgan fingerprint density at radius 2 is 1.56 bits per heavy atom. The van der Waals surface area contributed by atoms with Crippen molar-refractivity contribution in [1.82, 2.24) is 9.88 Å². The lowest BCUT2D eigenvalue weighted by Gasteiger charge is -2.15. The van der Waals surface area contributed by atoms with Gasteiger partial charge in [0.25, 0.3) is 11.8 Å². The molecule has 0 radical (unpaired) electrons. The number of anilines is 1. The fourth-order valence-electron chi connectivity index (χ4n) is 3.86. The van der Waals surface area contributed by atoms with E-state index in [0.29, 0.717) is 23.0 Å². The Bertz CT molecular complexity index is 1230. The van der Waals surface area contributed by atoms with Crippen LogP contribution in [0.25, 0.3) is 5.57 Å². The second kappa shape index (κ2) is 9.79. The number of amides is 2. The second-order valence-corrected chi connectivity index (χ2v) is 8.27. The molecule has 4 rings (SSSR count). The van der Waals surface area contributed by atoms with E-state index in [1.54, 1.807) is 49.8 Å². The minimum Gasteiger partial charge on any atom is -0.493 e. The summed E-state index contributed by atoms with van der Waals surface area (Å²) in [5.41, 5.74) is 3.80. The summed E-state index contributed by atoms with van der Waals surface area (Å²) in [7, 11) is 3.08. The van der Waals surface area contributed by atoms with Crippen LogP contribution in [0.1, 0.15) is 36.5 Å². The molecule has 7 heteroatoms. The maximum atomic E-state index is 13.5. The summed E-state index contributed by atoms with van der Waals surface area (Å²) in [4.78, 5) is 32.3. The van der Waals surface area contributed by atoms with Crippen molar-refractivity contribution < 1.29 is 19.1 Å². The Morgan fingerprint density at radius 3 is 2.18 bits per heavy atom. The quantitative estimate of drug-likeness (QED) is 0.498.